The Hall–Kier alpha value is -1.39. The SMILES string of the molecule is CNC(c1ccc(Cl)cc1F)c1c(C)nn(C)c1C. The van der Waals surface area contributed by atoms with Crippen LogP contribution >= 0.6 is 11.6 Å². The molecule has 1 aromatic carbocycles. The van der Waals surface area contributed by atoms with Gasteiger partial charge in [0, 0.05) is 28.9 Å². The molecule has 0 spiro atoms. The van der Waals surface area contributed by atoms with Crippen molar-refractivity contribution in [3.63, 3.8) is 0 Å². The first kappa shape index (κ1) is 14.0. The molecule has 3 nitrogen and oxygen atoms in total. The highest BCUT2D eigenvalue weighted by atomic mass is 35.5. The Morgan fingerprint density at radius 2 is 2.05 bits per heavy atom. The quantitative estimate of drug-likeness (QED) is 0.937. The van der Waals surface area contributed by atoms with Crippen molar-refractivity contribution in [1.82, 2.24) is 15.1 Å². The van der Waals surface area contributed by atoms with Gasteiger partial charge in [-0.2, -0.15) is 5.10 Å². The summed E-state index contributed by atoms with van der Waals surface area (Å²) in [6, 6.07) is 4.52. The van der Waals surface area contributed by atoms with Gasteiger partial charge >= 0.3 is 0 Å². The molecule has 1 aromatic heterocycles. The van der Waals surface area contributed by atoms with Crippen LogP contribution in [0.1, 0.15) is 28.6 Å². The largest absolute Gasteiger partial charge is 0.309 e. The van der Waals surface area contributed by atoms with E-state index in [1.54, 1.807) is 12.1 Å². The Labute approximate surface area is 117 Å². The average molecular weight is 282 g/mol. The van der Waals surface area contributed by atoms with Gasteiger partial charge in [-0.25, -0.2) is 4.39 Å². The van der Waals surface area contributed by atoms with Crippen molar-refractivity contribution in [2.24, 2.45) is 7.05 Å². The predicted molar refractivity (Wildman–Crippen MR) is 75.0 cm³/mol. The highest BCUT2D eigenvalue weighted by Crippen LogP contribution is 2.29. The lowest BCUT2D eigenvalue weighted by Gasteiger charge is -2.18. The van der Waals surface area contributed by atoms with E-state index in [1.165, 1.54) is 6.07 Å². The molecule has 0 aliphatic carbocycles. The van der Waals surface area contributed by atoms with E-state index in [-0.39, 0.29) is 11.9 Å². The summed E-state index contributed by atoms with van der Waals surface area (Å²) in [6.07, 6.45) is 0. The Morgan fingerprint density at radius 1 is 1.37 bits per heavy atom. The summed E-state index contributed by atoms with van der Waals surface area (Å²) in [5.41, 5.74) is 3.50. The van der Waals surface area contributed by atoms with Crippen LogP contribution in [0.2, 0.25) is 5.02 Å². The van der Waals surface area contributed by atoms with Crippen molar-refractivity contribution in [1.29, 1.82) is 0 Å². The van der Waals surface area contributed by atoms with Gasteiger partial charge in [-0.05, 0) is 33.0 Å². The average Bonchev–Trinajstić information content (AvgIpc) is 2.59. The minimum atomic E-state index is -0.311. The van der Waals surface area contributed by atoms with Gasteiger partial charge in [0.05, 0.1) is 11.7 Å². The summed E-state index contributed by atoms with van der Waals surface area (Å²) in [5, 5.41) is 7.93. The predicted octanol–water partition coefficient (Wildman–Crippen LogP) is 3.14. The molecule has 0 saturated carbocycles. The molecule has 0 aliphatic heterocycles. The Morgan fingerprint density at radius 3 is 2.53 bits per heavy atom. The van der Waals surface area contributed by atoms with E-state index in [9.17, 15) is 4.39 Å². The molecule has 1 heterocycles. The Balaban J connectivity index is 2.56. The summed E-state index contributed by atoms with van der Waals surface area (Å²) < 4.78 is 15.9. The van der Waals surface area contributed by atoms with Gasteiger partial charge in [-0.3, -0.25) is 4.68 Å². The van der Waals surface area contributed by atoms with Gasteiger partial charge in [0.25, 0.3) is 0 Å². The van der Waals surface area contributed by atoms with Crippen molar-refractivity contribution < 1.29 is 4.39 Å². The van der Waals surface area contributed by atoms with Crippen LogP contribution in [0.15, 0.2) is 18.2 Å². The molecule has 0 bridgehead atoms. The topological polar surface area (TPSA) is 29.9 Å². The van der Waals surface area contributed by atoms with Crippen LogP contribution in [-0.2, 0) is 7.05 Å². The second-order valence-electron chi connectivity index (χ2n) is 4.60. The number of aryl methyl sites for hydroxylation is 2. The molecule has 0 fully saturated rings. The first-order valence-electron chi connectivity index (χ1n) is 6.08. The van der Waals surface area contributed by atoms with E-state index < -0.39 is 0 Å². The molecule has 0 radical (unpaired) electrons. The van der Waals surface area contributed by atoms with Crippen LogP contribution in [0, 0.1) is 19.7 Å². The molecule has 0 aliphatic rings. The number of nitrogens with zero attached hydrogens (tertiary/aromatic N) is 2. The lowest BCUT2D eigenvalue weighted by molar-refractivity contribution is 0.574. The maximum Gasteiger partial charge on any atom is 0.129 e. The van der Waals surface area contributed by atoms with Crippen LogP contribution < -0.4 is 5.32 Å². The molecule has 102 valence electrons. The minimum Gasteiger partial charge on any atom is -0.309 e. The van der Waals surface area contributed by atoms with E-state index >= 15 is 0 Å². The number of hydrogen-bond acceptors (Lipinski definition) is 2. The van der Waals surface area contributed by atoms with Crippen LogP contribution in [-0.4, -0.2) is 16.8 Å². The molecular formula is C14H17ClFN3. The van der Waals surface area contributed by atoms with Crippen LogP contribution in [0.25, 0.3) is 0 Å². The molecule has 1 N–H and O–H groups in total. The van der Waals surface area contributed by atoms with E-state index in [0.29, 0.717) is 10.6 Å². The van der Waals surface area contributed by atoms with E-state index in [0.717, 1.165) is 17.0 Å². The molecule has 1 unspecified atom stereocenters. The highest BCUT2D eigenvalue weighted by Gasteiger charge is 2.23. The lowest BCUT2D eigenvalue weighted by atomic mass is 9.97. The summed E-state index contributed by atoms with van der Waals surface area (Å²) in [4.78, 5) is 0. The van der Waals surface area contributed by atoms with Gasteiger partial charge in [0.1, 0.15) is 5.82 Å². The zero-order valence-electron chi connectivity index (χ0n) is 11.5. The molecule has 1 atom stereocenters. The summed E-state index contributed by atoms with van der Waals surface area (Å²) >= 11 is 5.80. The summed E-state index contributed by atoms with van der Waals surface area (Å²) in [6.45, 7) is 3.91. The van der Waals surface area contributed by atoms with Crippen molar-refractivity contribution in [2.45, 2.75) is 19.9 Å². The maximum absolute atomic E-state index is 14.1. The molecular weight excluding hydrogens is 265 g/mol. The molecule has 2 aromatic rings. The fourth-order valence-corrected chi connectivity index (χ4v) is 2.56. The standard InChI is InChI=1S/C14H17ClFN3/c1-8-13(9(2)19(4)18-8)14(17-3)11-6-5-10(15)7-12(11)16/h5-7,14,17H,1-4H3. The van der Waals surface area contributed by atoms with Crippen molar-refractivity contribution in [3.05, 3.63) is 51.6 Å². The van der Waals surface area contributed by atoms with Gasteiger partial charge in [0.15, 0.2) is 0 Å². The first-order chi connectivity index (χ1) is 8.95. The third kappa shape index (κ3) is 2.51. The number of aromatic nitrogens is 2. The van der Waals surface area contributed by atoms with E-state index in [2.05, 4.69) is 10.4 Å². The Kier molecular flexibility index (Phi) is 3.92. The van der Waals surface area contributed by atoms with Gasteiger partial charge < -0.3 is 5.32 Å². The van der Waals surface area contributed by atoms with Crippen molar-refractivity contribution in [3.8, 4) is 0 Å². The van der Waals surface area contributed by atoms with Gasteiger partial charge in [-0.1, -0.05) is 17.7 Å². The second-order valence-corrected chi connectivity index (χ2v) is 5.03. The third-order valence-electron chi connectivity index (χ3n) is 3.42. The number of rotatable bonds is 3. The molecule has 2 rings (SSSR count). The number of benzene rings is 1. The molecule has 0 saturated heterocycles. The van der Waals surface area contributed by atoms with Crippen molar-refractivity contribution >= 4 is 11.6 Å². The lowest BCUT2D eigenvalue weighted by Crippen LogP contribution is -2.20. The number of nitrogens with one attached hydrogen (secondary N) is 1. The number of hydrogen-bond donors (Lipinski definition) is 1. The monoisotopic (exact) mass is 281 g/mol. The summed E-state index contributed by atoms with van der Waals surface area (Å²) in [7, 11) is 3.70. The highest BCUT2D eigenvalue weighted by molar-refractivity contribution is 6.30. The fraction of sp³-hybridized carbons (Fsp3) is 0.357. The van der Waals surface area contributed by atoms with Crippen molar-refractivity contribution in [2.75, 3.05) is 7.05 Å². The summed E-state index contributed by atoms with van der Waals surface area (Å²) in [5.74, 6) is -0.311. The molecule has 0 amide bonds. The smallest absolute Gasteiger partial charge is 0.129 e. The second kappa shape index (κ2) is 5.31. The zero-order valence-corrected chi connectivity index (χ0v) is 12.2. The van der Waals surface area contributed by atoms with Gasteiger partial charge in [-0.15, -0.1) is 0 Å². The van der Waals surface area contributed by atoms with Gasteiger partial charge in [0.2, 0.25) is 0 Å². The third-order valence-corrected chi connectivity index (χ3v) is 3.65. The Bertz CT molecular complexity index is 607. The van der Waals surface area contributed by atoms with Crippen LogP contribution in [0.5, 0.6) is 0 Å². The first-order valence-corrected chi connectivity index (χ1v) is 6.45. The number of halogens is 2. The zero-order chi connectivity index (χ0) is 14.2. The normalized spacial score (nSPS) is 12.7. The van der Waals surface area contributed by atoms with Crippen LogP contribution in [0.4, 0.5) is 4.39 Å². The van der Waals surface area contributed by atoms with Crippen LogP contribution in [0.3, 0.4) is 0 Å². The molecule has 19 heavy (non-hydrogen) atoms. The van der Waals surface area contributed by atoms with E-state index in [4.69, 9.17) is 11.6 Å². The van der Waals surface area contributed by atoms with E-state index in [1.807, 2.05) is 32.6 Å². The minimum absolute atomic E-state index is 0.231. The fourth-order valence-electron chi connectivity index (χ4n) is 2.40. The molecule has 5 heteroatoms. The maximum atomic E-state index is 14.1.